The molecule has 16 heavy (non-hydrogen) atoms. The number of nitrogens with one attached hydrogen (secondary N) is 1. The molecule has 1 aromatic rings. The summed E-state index contributed by atoms with van der Waals surface area (Å²) in [5, 5.41) is 21.7. The van der Waals surface area contributed by atoms with Crippen LogP contribution < -0.4 is 5.32 Å². The lowest BCUT2D eigenvalue weighted by Gasteiger charge is -2.02. The van der Waals surface area contributed by atoms with Gasteiger partial charge in [0.25, 0.3) is 5.69 Å². The fraction of sp³-hybridized carbons (Fsp3) is 0.100. The second kappa shape index (κ2) is 4.92. The van der Waals surface area contributed by atoms with Crippen LogP contribution >= 0.6 is 0 Å². The maximum atomic E-state index is 10.6. The Balaban J connectivity index is 3.09. The highest BCUT2D eigenvalue weighted by molar-refractivity contribution is 5.85. The number of anilines is 1. The third kappa shape index (κ3) is 2.81. The lowest BCUT2D eigenvalue weighted by Crippen LogP contribution is -1.96. The van der Waals surface area contributed by atoms with Crippen molar-refractivity contribution in [3.63, 3.8) is 0 Å². The molecule has 0 bridgehead atoms. The van der Waals surface area contributed by atoms with Crippen LogP contribution in [-0.4, -0.2) is 23.0 Å². The first-order chi connectivity index (χ1) is 7.54. The summed E-state index contributed by atoms with van der Waals surface area (Å²) >= 11 is 0. The van der Waals surface area contributed by atoms with Crippen molar-refractivity contribution in [2.45, 2.75) is 0 Å². The Labute approximate surface area is 91.4 Å². The summed E-state index contributed by atoms with van der Waals surface area (Å²) in [6.07, 6.45) is 2.34. The molecule has 6 heteroatoms. The molecule has 0 saturated heterocycles. The molecule has 6 nitrogen and oxygen atoms in total. The quantitative estimate of drug-likeness (QED) is 0.459. The van der Waals surface area contributed by atoms with Crippen molar-refractivity contribution in [2.24, 2.45) is 0 Å². The van der Waals surface area contributed by atoms with Crippen molar-refractivity contribution >= 4 is 23.4 Å². The van der Waals surface area contributed by atoms with Gasteiger partial charge in [-0.2, -0.15) is 0 Å². The van der Waals surface area contributed by atoms with Crippen LogP contribution in [0.3, 0.4) is 0 Å². The standard InChI is InChI=1S/C10H10N2O4/c1-11-8-6-7(3-5-10(13)14)2-4-9(8)12(15)16/h2-6,11H,1H3,(H,13,14). The van der Waals surface area contributed by atoms with Crippen molar-refractivity contribution < 1.29 is 14.8 Å². The van der Waals surface area contributed by atoms with Crippen LogP contribution in [0.2, 0.25) is 0 Å². The van der Waals surface area contributed by atoms with Gasteiger partial charge < -0.3 is 10.4 Å². The van der Waals surface area contributed by atoms with Gasteiger partial charge in [0, 0.05) is 19.2 Å². The van der Waals surface area contributed by atoms with Crippen molar-refractivity contribution in [1.82, 2.24) is 0 Å². The third-order valence-corrected chi connectivity index (χ3v) is 1.91. The van der Waals surface area contributed by atoms with Crippen LogP contribution in [0, 0.1) is 10.1 Å². The summed E-state index contributed by atoms with van der Waals surface area (Å²) in [5.41, 5.74) is 0.880. The Morgan fingerprint density at radius 3 is 2.75 bits per heavy atom. The molecule has 1 aromatic carbocycles. The van der Waals surface area contributed by atoms with E-state index in [2.05, 4.69) is 5.32 Å². The lowest BCUT2D eigenvalue weighted by molar-refractivity contribution is -0.383. The van der Waals surface area contributed by atoms with E-state index in [1.165, 1.54) is 24.3 Å². The summed E-state index contributed by atoms with van der Waals surface area (Å²) in [7, 11) is 1.56. The topological polar surface area (TPSA) is 92.5 Å². The molecular formula is C10H10N2O4. The number of carbonyl (C=O) groups is 1. The molecule has 84 valence electrons. The Hall–Kier alpha value is -2.37. The van der Waals surface area contributed by atoms with Gasteiger partial charge >= 0.3 is 5.97 Å². The van der Waals surface area contributed by atoms with E-state index in [4.69, 9.17) is 5.11 Å². The number of nitro groups is 1. The first-order valence-electron chi connectivity index (χ1n) is 4.42. The Bertz CT molecular complexity index is 454. The van der Waals surface area contributed by atoms with Gasteiger partial charge in [-0.05, 0) is 23.8 Å². The first-order valence-corrected chi connectivity index (χ1v) is 4.42. The molecule has 2 N–H and O–H groups in total. The summed E-state index contributed by atoms with van der Waals surface area (Å²) in [6, 6.07) is 4.32. The van der Waals surface area contributed by atoms with Crippen molar-refractivity contribution in [3.8, 4) is 0 Å². The molecule has 0 unspecified atom stereocenters. The minimum atomic E-state index is -1.07. The van der Waals surface area contributed by atoms with Crippen LogP contribution in [0.25, 0.3) is 6.08 Å². The van der Waals surface area contributed by atoms with Crippen molar-refractivity contribution in [3.05, 3.63) is 40.0 Å². The highest BCUT2D eigenvalue weighted by Crippen LogP contribution is 2.25. The highest BCUT2D eigenvalue weighted by atomic mass is 16.6. The first kappa shape index (κ1) is 11.7. The smallest absolute Gasteiger partial charge is 0.328 e. The molecule has 0 aromatic heterocycles. The van der Waals surface area contributed by atoms with Crippen LogP contribution in [-0.2, 0) is 4.79 Å². The van der Waals surface area contributed by atoms with Gasteiger partial charge in [-0.15, -0.1) is 0 Å². The number of rotatable bonds is 4. The third-order valence-electron chi connectivity index (χ3n) is 1.91. The van der Waals surface area contributed by atoms with Gasteiger partial charge in [-0.1, -0.05) is 0 Å². The SMILES string of the molecule is CNc1cc(C=CC(=O)O)ccc1[N+](=O)[O-]. The molecule has 0 fully saturated rings. The second-order valence-corrected chi connectivity index (χ2v) is 2.96. The van der Waals surface area contributed by atoms with E-state index < -0.39 is 10.9 Å². The van der Waals surface area contributed by atoms with Crippen molar-refractivity contribution in [1.29, 1.82) is 0 Å². The molecule has 1 rings (SSSR count). The number of hydrogen-bond acceptors (Lipinski definition) is 4. The summed E-state index contributed by atoms with van der Waals surface area (Å²) in [4.78, 5) is 20.4. The predicted molar refractivity (Wildman–Crippen MR) is 59.3 cm³/mol. The zero-order valence-corrected chi connectivity index (χ0v) is 8.51. The Kier molecular flexibility index (Phi) is 3.60. The van der Waals surface area contributed by atoms with Crippen LogP contribution in [0.1, 0.15) is 5.56 Å². The van der Waals surface area contributed by atoms with E-state index >= 15 is 0 Å². The minimum absolute atomic E-state index is 0.0463. The monoisotopic (exact) mass is 222 g/mol. The molecule has 0 aliphatic rings. The summed E-state index contributed by atoms with van der Waals surface area (Å²) in [6.45, 7) is 0. The van der Waals surface area contributed by atoms with Gasteiger partial charge in [0.1, 0.15) is 5.69 Å². The van der Waals surface area contributed by atoms with Crippen LogP contribution in [0.4, 0.5) is 11.4 Å². The summed E-state index contributed by atoms with van der Waals surface area (Å²) in [5.74, 6) is -1.07. The normalized spacial score (nSPS) is 10.3. The van der Waals surface area contributed by atoms with Gasteiger partial charge in [-0.25, -0.2) is 4.79 Å². The lowest BCUT2D eigenvalue weighted by atomic mass is 10.1. The molecule has 0 atom stereocenters. The maximum Gasteiger partial charge on any atom is 0.328 e. The molecule has 0 saturated carbocycles. The number of carboxylic acid groups (broad SMARTS) is 1. The van der Waals surface area contributed by atoms with Gasteiger partial charge in [-0.3, -0.25) is 10.1 Å². The molecule has 0 spiro atoms. The van der Waals surface area contributed by atoms with Crippen LogP contribution in [0.5, 0.6) is 0 Å². The number of aliphatic carboxylic acids is 1. The van der Waals surface area contributed by atoms with E-state index in [-0.39, 0.29) is 5.69 Å². The molecule has 0 radical (unpaired) electrons. The van der Waals surface area contributed by atoms with Gasteiger partial charge in [0.05, 0.1) is 4.92 Å². The zero-order chi connectivity index (χ0) is 12.1. The number of carboxylic acids is 1. The second-order valence-electron chi connectivity index (χ2n) is 2.96. The average Bonchev–Trinajstić information content (AvgIpc) is 2.25. The maximum absolute atomic E-state index is 10.6. The van der Waals surface area contributed by atoms with E-state index in [1.54, 1.807) is 7.05 Å². The van der Waals surface area contributed by atoms with Gasteiger partial charge in [0.2, 0.25) is 0 Å². The fourth-order valence-corrected chi connectivity index (χ4v) is 1.18. The van der Waals surface area contributed by atoms with Crippen molar-refractivity contribution in [2.75, 3.05) is 12.4 Å². The number of benzene rings is 1. The number of hydrogen-bond donors (Lipinski definition) is 2. The van der Waals surface area contributed by atoms with E-state index in [9.17, 15) is 14.9 Å². The molecular weight excluding hydrogens is 212 g/mol. The predicted octanol–water partition coefficient (Wildman–Crippen LogP) is 1.73. The van der Waals surface area contributed by atoms with E-state index in [1.807, 2.05) is 0 Å². The largest absolute Gasteiger partial charge is 0.478 e. The van der Waals surface area contributed by atoms with E-state index in [0.717, 1.165) is 6.08 Å². The Morgan fingerprint density at radius 1 is 1.56 bits per heavy atom. The average molecular weight is 222 g/mol. The Morgan fingerprint density at radius 2 is 2.25 bits per heavy atom. The van der Waals surface area contributed by atoms with E-state index in [0.29, 0.717) is 11.3 Å². The zero-order valence-electron chi connectivity index (χ0n) is 8.51. The number of nitro benzene ring substituents is 1. The molecule has 0 heterocycles. The van der Waals surface area contributed by atoms with Gasteiger partial charge in [0.15, 0.2) is 0 Å². The molecule has 0 amide bonds. The molecule has 0 aliphatic carbocycles. The number of nitrogens with zero attached hydrogens (tertiary/aromatic N) is 1. The fourth-order valence-electron chi connectivity index (χ4n) is 1.18. The highest BCUT2D eigenvalue weighted by Gasteiger charge is 2.11. The summed E-state index contributed by atoms with van der Waals surface area (Å²) < 4.78 is 0. The minimum Gasteiger partial charge on any atom is -0.478 e. The van der Waals surface area contributed by atoms with Crippen LogP contribution in [0.15, 0.2) is 24.3 Å². The molecule has 0 aliphatic heterocycles.